The maximum absolute atomic E-state index is 11.9. The van der Waals surface area contributed by atoms with Crippen molar-refractivity contribution < 1.29 is 4.79 Å². The van der Waals surface area contributed by atoms with Crippen molar-refractivity contribution in [2.24, 2.45) is 0 Å². The summed E-state index contributed by atoms with van der Waals surface area (Å²) in [6.07, 6.45) is 3.54. The molecule has 0 bridgehead atoms. The van der Waals surface area contributed by atoms with E-state index in [0.29, 0.717) is 12.1 Å². The number of rotatable bonds is 5. The Kier molecular flexibility index (Phi) is 4.95. The van der Waals surface area contributed by atoms with Gasteiger partial charge in [0.25, 0.3) is 0 Å². The van der Waals surface area contributed by atoms with Gasteiger partial charge < -0.3 is 4.90 Å². The van der Waals surface area contributed by atoms with Crippen molar-refractivity contribution in [1.29, 1.82) is 0 Å². The molecule has 0 aliphatic carbocycles. The summed E-state index contributed by atoms with van der Waals surface area (Å²) in [7, 11) is 0. The Hall–Kier alpha value is -1.57. The van der Waals surface area contributed by atoms with E-state index in [0.717, 1.165) is 5.56 Å². The number of hydrogen-bond acceptors (Lipinski definition) is 2. The van der Waals surface area contributed by atoms with E-state index in [-0.39, 0.29) is 5.78 Å². The van der Waals surface area contributed by atoms with E-state index in [1.165, 1.54) is 0 Å². The van der Waals surface area contributed by atoms with Gasteiger partial charge in [0, 0.05) is 29.9 Å². The Morgan fingerprint density at radius 2 is 1.59 bits per heavy atom. The van der Waals surface area contributed by atoms with Crippen LogP contribution < -0.4 is 0 Å². The third-order valence-corrected chi connectivity index (χ3v) is 2.65. The maximum Gasteiger partial charge on any atom is 0.187 e. The lowest BCUT2D eigenvalue weighted by Crippen LogP contribution is -2.32. The van der Waals surface area contributed by atoms with Crippen molar-refractivity contribution >= 4 is 5.78 Å². The highest BCUT2D eigenvalue weighted by atomic mass is 16.1. The van der Waals surface area contributed by atoms with Crippen molar-refractivity contribution in [2.75, 3.05) is 0 Å². The highest BCUT2D eigenvalue weighted by Crippen LogP contribution is 2.07. The largest absolute Gasteiger partial charge is 0.372 e. The number of allylic oxidation sites excluding steroid dienone is 1. The first-order valence-corrected chi connectivity index (χ1v) is 6.07. The van der Waals surface area contributed by atoms with Crippen LogP contribution in [-0.4, -0.2) is 22.8 Å². The van der Waals surface area contributed by atoms with Gasteiger partial charge in [0.1, 0.15) is 0 Å². The fourth-order valence-corrected chi connectivity index (χ4v) is 1.79. The molecule has 0 saturated carbocycles. The van der Waals surface area contributed by atoms with Crippen molar-refractivity contribution in [2.45, 2.75) is 39.8 Å². The zero-order chi connectivity index (χ0) is 12.8. The number of benzene rings is 1. The van der Waals surface area contributed by atoms with Crippen LogP contribution in [0.15, 0.2) is 42.6 Å². The van der Waals surface area contributed by atoms with E-state index < -0.39 is 0 Å². The SMILES string of the molecule is CC(C)N(/C=C\C(=O)c1ccccc1)C(C)C. The van der Waals surface area contributed by atoms with Gasteiger partial charge >= 0.3 is 0 Å². The van der Waals surface area contributed by atoms with Gasteiger partial charge in [-0.25, -0.2) is 0 Å². The van der Waals surface area contributed by atoms with E-state index in [4.69, 9.17) is 0 Å². The standard InChI is InChI=1S/C15H21NO/c1-12(2)16(13(3)4)11-10-15(17)14-8-6-5-7-9-14/h5-13H,1-4H3/b11-10-. The molecule has 0 amide bonds. The molecule has 0 saturated heterocycles. The first-order chi connectivity index (χ1) is 8.02. The summed E-state index contributed by atoms with van der Waals surface area (Å²) >= 11 is 0. The lowest BCUT2D eigenvalue weighted by atomic mass is 10.1. The Balaban J connectivity index is 2.74. The Morgan fingerprint density at radius 3 is 2.06 bits per heavy atom. The van der Waals surface area contributed by atoms with E-state index in [9.17, 15) is 4.79 Å². The zero-order valence-corrected chi connectivity index (χ0v) is 11.1. The smallest absolute Gasteiger partial charge is 0.187 e. The molecule has 1 aromatic rings. The van der Waals surface area contributed by atoms with Crippen molar-refractivity contribution in [3.05, 3.63) is 48.2 Å². The highest BCUT2D eigenvalue weighted by molar-refractivity contribution is 6.04. The fraction of sp³-hybridized carbons (Fsp3) is 0.400. The molecular weight excluding hydrogens is 210 g/mol. The van der Waals surface area contributed by atoms with E-state index in [1.54, 1.807) is 6.08 Å². The molecule has 0 aliphatic rings. The summed E-state index contributed by atoms with van der Waals surface area (Å²) in [6.45, 7) is 8.49. The lowest BCUT2D eigenvalue weighted by molar-refractivity contribution is 0.104. The molecule has 0 N–H and O–H groups in total. The molecule has 0 aliphatic heterocycles. The van der Waals surface area contributed by atoms with Gasteiger partial charge in [0.2, 0.25) is 0 Å². The predicted octanol–water partition coefficient (Wildman–Crippen LogP) is 3.50. The van der Waals surface area contributed by atoms with Gasteiger partial charge in [0.15, 0.2) is 5.78 Å². The van der Waals surface area contributed by atoms with Crippen LogP contribution in [0.25, 0.3) is 0 Å². The second kappa shape index (κ2) is 6.24. The minimum atomic E-state index is 0.0527. The minimum absolute atomic E-state index is 0.0527. The average molecular weight is 231 g/mol. The second-order valence-corrected chi connectivity index (χ2v) is 4.68. The molecule has 0 radical (unpaired) electrons. The molecule has 0 fully saturated rings. The summed E-state index contributed by atoms with van der Waals surface area (Å²) in [5.41, 5.74) is 0.733. The third-order valence-electron chi connectivity index (χ3n) is 2.65. The van der Waals surface area contributed by atoms with Gasteiger partial charge in [-0.05, 0) is 27.7 Å². The van der Waals surface area contributed by atoms with Crippen LogP contribution in [-0.2, 0) is 0 Å². The van der Waals surface area contributed by atoms with Gasteiger partial charge in [-0.15, -0.1) is 0 Å². The Labute approximate surface area is 104 Å². The van der Waals surface area contributed by atoms with Crippen LogP contribution in [0.5, 0.6) is 0 Å². The van der Waals surface area contributed by atoms with Gasteiger partial charge in [-0.2, -0.15) is 0 Å². The molecule has 0 atom stereocenters. The van der Waals surface area contributed by atoms with Crippen LogP contribution in [0.1, 0.15) is 38.1 Å². The molecule has 0 aromatic heterocycles. The van der Waals surface area contributed by atoms with Crippen molar-refractivity contribution in [1.82, 2.24) is 4.90 Å². The van der Waals surface area contributed by atoms with Crippen molar-refractivity contribution in [3.8, 4) is 0 Å². The monoisotopic (exact) mass is 231 g/mol. The van der Waals surface area contributed by atoms with Gasteiger partial charge in [-0.1, -0.05) is 30.3 Å². The molecule has 2 heteroatoms. The van der Waals surface area contributed by atoms with E-state index in [1.807, 2.05) is 36.5 Å². The minimum Gasteiger partial charge on any atom is -0.372 e. The zero-order valence-electron chi connectivity index (χ0n) is 11.1. The van der Waals surface area contributed by atoms with Crippen LogP contribution in [0.2, 0.25) is 0 Å². The molecule has 17 heavy (non-hydrogen) atoms. The highest BCUT2D eigenvalue weighted by Gasteiger charge is 2.09. The summed E-state index contributed by atoms with van der Waals surface area (Å²) in [4.78, 5) is 14.0. The first kappa shape index (κ1) is 13.5. The third kappa shape index (κ3) is 4.06. The van der Waals surface area contributed by atoms with Crippen LogP contribution in [0.4, 0.5) is 0 Å². The normalized spacial score (nSPS) is 11.4. The molecule has 0 unspecified atom stereocenters. The molecule has 92 valence electrons. The van der Waals surface area contributed by atoms with Gasteiger partial charge in [0.05, 0.1) is 0 Å². The summed E-state index contributed by atoms with van der Waals surface area (Å²) in [6, 6.07) is 10.1. The van der Waals surface area contributed by atoms with E-state index in [2.05, 4.69) is 32.6 Å². The summed E-state index contributed by atoms with van der Waals surface area (Å²) < 4.78 is 0. The van der Waals surface area contributed by atoms with Crippen LogP contribution in [0, 0.1) is 0 Å². The topological polar surface area (TPSA) is 20.3 Å². The summed E-state index contributed by atoms with van der Waals surface area (Å²) in [5, 5.41) is 0. The Morgan fingerprint density at radius 1 is 1.06 bits per heavy atom. The fourth-order valence-electron chi connectivity index (χ4n) is 1.79. The maximum atomic E-state index is 11.9. The molecule has 0 spiro atoms. The summed E-state index contributed by atoms with van der Waals surface area (Å²) in [5.74, 6) is 0.0527. The lowest BCUT2D eigenvalue weighted by Gasteiger charge is -2.29. The number of carbonyl (C=O) groups is 1. The van der Waals surface area contributed by atoms with Crippen molar-refractivity contribution in [3.63, 3.8) is 0 Å². The molecule has 1 aromatic carbocycles. The molecular formula is C15H21NO. The average Bonchev–Trinajstić information content (AvgIpc) is 2.29. The second-order valence-electron chi connectivity index (χ2n) is 4.68. The van der Waals surface area contributed by atoms with Crippen LogP contribution >= 0.6 is 0 Å². The number of carbonyl (C=O) groups excluding carboxylic acids is 1. The first-order valence-electron chi connectivity index (χ1n) is 6.07. The number of hydrogen-bond donors (Lipinski definition) is 0. The predicted molar refractivity (Wildman–Crippen MR) is 72.0 cm³/mol. The Bertz CT molecular complexity index is 371. The molecule has 2 nitrogen and oxygen atoms in total. The molecule has 1 rings (SSSR count). The molecule has 0 heterocycles. The number of ketones is 1. The quantitative estimate of drug-likeness (QED) is 0.571. The van der Waals surface area contributed by atoms with Crippen LogP contribution in [0.3, 0.4) is 0 Å². The van der Waals surface area contributed by atoms with E-state index >= 15 is 0 Å². The number of nitrogens with zero attached hydrogens (tertiary/aromatic N) is 1. The van der Waals surface area contributed by atoms with Gasteiger partial charge in [-0.3, -0.25) is 4.79 Å².